The molecule has 8 nitrogen and oxygen atoms in total. The molecule has 33 heavy (non-hydrogen) atoms. The van der Waals surface area contributed by atoms with Crippen molar-refractivity contribution in [2.24, 2.45) is 0 Å². The van der Waals surface area contributed by atoms with Crippen LogP contribution in [0.15, 0.2) is 24.5 Å². The summed E-state index contributed by atoms with van der Waals surface area (Å²) in [6.45, 7) is 9.88. The molecule has 0 spiro atoms. The monoisotopic (exact) mass is 471 g/mol. The van der Waals surface area contributed by atoms with Gasteiger partial charge in [-0.15, -0.1) is 11.3 Å². The van der Waals surface area contributed by atoms with Crippen molar-refractivity contribution in [3.05, 3.63) is 45.5 Å². The van der Waals surface area contributed by atoms with Gasteiger partial charge in [0.25, 0.3) is 11.9 Å². The van der Waals surface area contributed by atoms with Crippen LogP contribution >= 0.6 is 11.3 Å². The fraction of sp³-hybridized carbons (Fsp3) is 0.500. The summed E-state index contributed by atoms with van der Waals surface area (Å²) in [5.41, 5.74) is 2.20. The smallest absolute Gasteiger partial charge is 0.255 e. The Morgan fingerprint density at radius 3 is 2.76 bits per heavy atom. The maximum absolute atomic E-state index is 13.0. The number of hydrogen-bond acceptors (Lipinski definition) is 7. The number of nitrogens with one attached hydrogen (secondary N) is 1. The summed E-state index contributed by atoms with van der Waals surface area (Å²) < 4.78 is 6.93. The number of amides is 1. The summed E-state index contributed by atoms with van der Waals surface area (Å²) in [6, 6.07) is 3.95. The van der Waals surface area contributed by atoms with Crippen LogP contribution in [0, 0.1) is 13.8 Å². The van der Waals surface area contributed by atoms with E-state index in [-0.39, 0.29) is 18.6 Å². The van der Waals surface area contributed by atoms with E-state index >= 15 is 0 Å². The number of aryl methyl sites for hydroxylation is 2. The average molecular weight is 472 g/mol. The van der Waals surface area contributed by atoms with Crippen LogP contribution in [0.3, 0.4) is 0 Å². The van der Waals surface area contributed by atoms with Gasteiger partial charge in [-0.05, 0) is 66.0 Å². The van der Waals surface area contributed by atoms with Crippen LogP contribution in [0.5, 0.6) is 0 Å². The van der Waals surface area contributed by atoms with E-state index < -0.39 is 5.60 Å². The lowest BCUT2D eigenvalue weighted by molar-refractivity contribution is 0.0674. The third-order valence-corrected chi connectivity index (χ3v) is 6.31. The summed E-state index contributed by atoms with van der Waals surface area (Å²) >= 11 is 1.73. The van der Waals surface area contributed by atoms with Gasteiger partial charge in [0, 0.05) is 34.7 Å². The number of thiophene rings is 1. The highest BCUT2D eigenvalue weighted by Gasteiger charge is 2.22. The standard InChI is InChI=1S/C24H33N5O3S/c1-15(8-7-10-24(4,5)31)27-22(30)19-13-26-29(21(19)14-32-6)23-25-11-9-20(28-23)18-12-16(2)33-17(18)3/h9,11-13,15,31H,7-8,10,14H2,1-6H3,(H,27,30)/t15-/m0/s1. The molecule has 3 aromatic heterocycles. The number of carbonyl (C=O) groups excluding carboxylic acids is 1. The number of aliphatic hydroxyl groups is 1. The quantitative estimate of drug-likeness (QED) is 0.459. The van der Waals surface area contributed by atoms with E-state index in [1.54, 1.807) is 43.2 Å². The highest BCUT2D eigenvalue weighted by Crippen LogP contribution is 2.29. The molecule has 0 radical (unpaired) electrons. The molecule has 178 valence electrons. The van der Waals surface area contributed by atoms with Gasteiger partial charge in [-0.1, -0.05) is 0 Å². The zero-order valence-electron chi connectivity index (χ0n) is 20.2. The van der Waals surface area contributed by atoms with Crippen molar-refractivity contribution in [1.29, 1.82) is 0 Å². The van der Waals surface area contributed by atoms with Crippen molar-refractivity contribution in [1.82, 2.24) is 25.1 Å². The molecule has 3 heterocycles. The molecule has 1 atom stereocenters. The van der Waals surface area contributed by atoms with Gasteiger partial charge in [0.15, 0.2) is 0 Å². The molecule has 1 amide bonds. The molecule has 0 aliphatic carbocycles. The highest BCUT2D eigenvalue weighted by atomic mass is 32.1. The second kappa shape index (κ2) is 10.5. The van der Waals surface area contributed by atoms with Crippen LogP contribution < -0.4 is 5.32 Å². The lowest BCUT2D eigenvalue weighted by Gasteiger charge is -2.19. The van der Waals surface area contributed by atoms with Crippen LogP contribution in [0.2, 0.25) is 0 Å². The number of nitrogens with zero attached hydrogens (tertiary/aromatic N) is 4. The second-order valence-corrected chi connectivity index (χ2v) is 10.5. The predicted molar refractivity (Wildman–Crippen MR) is 130 cm³/mol. The minimum Gasteiger partial charge on any atom is -0.390 e. The first kappa shape index (κ1) is 25.0. The molecule has 0 fully saturated rings. The molecule has 0 aliphatic rings. The van der Waals surface area contributed by atoms with Crippen molar-refractivity contribution < 1.29 is 14.6 Å². The van der Waals surface area contributed by atoms with Gasteiger partial charge in [0.05, 0.1) is 35.4 Å². The van der Waals surface area contributed by atoms with Crippen molar-refractivity contribution in [2.45, 2.75) is 72.1 Å². The van der Waals surface area contributed by atoms with Crippen LogP contribution in [0.25, 0.3) is 17.2 Å². The lowest BCUT2D eigenvalue weighted by Crippen LogP contribution is -2.33. The van der Waals surface area contributed by atoms with E-state index in [1.165, 1.54) is 16.0 Å². The first-order valence-electron chi connectivity index (χ1n) is 11.1. The van der Waals surface area contributed by atoms with E-state index in [4.69, 9.17) is 9.72 Å². The molecule has 0 saturated carbocycles. The molecule has 0 bridgehead atoms. The molecular weight excluding hydrogens is 438 g/mol. The molecule has 3 aromatic rings. The minimum atomic E-state index is -0.703. The molecule has 0 unspecified atom stereocenters. The summed E-state index contributed by atoms with van der Waals surface area (Å²) in [4.78, 5) is 24.5. The van der Waals surface area contributed by atoms with Crippen LogP contribution in [0.1, 0.15) is 65.8 Å². The first-order valence-corrected chi connectivity index (χ1v) is 11.9. The predicted octanol–water partition coefficient (Wildman–Crippen LogP) is 4.21. The fourth-order valence-electron chi connectivity index (χ4n) is 3.71. The van der Waals surface area contributed by atoms with E-state index in [9.17, 15) is 9.90 Å². The number of methoxy groups -OCH3 is 1. The Labute approximate surface area is 199 Å². The molecular formula is C24H33N5O3S. The second-order valence-electron chi connectivity index (χ2n) is 9.00. The number of hydrogen-bond donors (Lipinski definition) is 2. The highest BCUT2D eigenvalue weighted by molar-refractivity contribution is 7.12. The van der Waals surface area contributed by atoms with Gasteiger partial charge in [-0.2, -0.15) is 9.78 Å². The third kappa shape index (κ3) is 6.46. The Hall–Kier alpha value is -2.62. The van der Waals surface area contributed by atoms with Crippen LogP contribution in [-0.2, 0) is 11.3 Å². The fourth-order valence-corrected chi connectivity index (χ4v) is 4.64. The SMILES string of the molecule is COCc1c(C(=O)N[C@@H](C)CCCC(C)(C)O)cnn1-c1nccc(-c2cc(C)sc2C)n1. The topological polar surface area (TPSA) is 102 Å². The lowest BCUT2D eigenvalue weighted by atomic mass is 9.99. The van der Waals surface area contributed by atoms with Crippen LogP contribution in [-0.4, -0.2) is 49.5 Å². The van der Waals surface area contributed by atoms with Gasteiger partial charge in [0.1, 0.15) is 0 Å². The molecule has 2 N–H and O–H groups in total. The summed E-state index contributed by atoms with van der Waals surface area (Å²) in [5.74, 6) is 0.171. The summed E-state index contributed by atoms with van der Waals surface area (Å²) in [5, 5.41) is 17.3. The van der Waals surface area contributed by atoms with Gasteiger partial charge >= 0.3 is 0 Å². The number of aromatic nitrogens is 4. The Balaban J connectivity index is 1.82. The van der Waals surface area contributed by atoms with E-state index in [2.05, 4.69) is 35.3 Å². The van der Waals surface area contributed by atoms with Gasteiger partial charge in [0.2, 0.25) is 0 Å². The largest absolute Gasteiger partial charge is 0.390 e. The number of ether oxygens (including phenoxy) is 1. The zero-order valence-corrected chi connectivity index (χ0v) is 21.0. The number of rotatable bonds is 10. The number of carbonyl (C=O) groups is 1. The maximum atomic E-state index is 13.0. The molecule has 0 saturated heterocycles. The van der Waals surface area contributed by atoms with Gasteiger partial charge < -0.3 is 15.2 Å². The summed E-state index contributed by atoms with van der Waals surface area (Å²) in [6.07, 6.45) is 5.50. The molecule has 0 aromatic carbocycles. The maximum Gasteiger partial charge on any atom is 0.255 e. The first-order chi connectivity index (χ1) is 15.6. The van der Waals surface area contributed by atoms with Crippen molar-refractivity contribution in [3.8, 4) is 17.2 Å². The van der Waals surface area contributed by atoms with Gasteiger partial charge in [-0.25, -0.2) is 9.97 Å². The van der Waals surface area contributed by atoms with Crippen molar-refractivity contribution in [2.75, 3.05) is 7.11 Å². The minimum absolute atomic E-state index is 0.0389. The van der Waals surface area contributed by atoms with Crippen LogP contribution in [0.4, 0.5) is 0 Å². The van der Waals surface area contributed by atoms with E-state index in [0.717, 1.165) is 24.1 Å². The van der Waals surface area contributed by atoms with Gasteiger partial charge in [-0.3, -0.25) is 4.79 Å². The Kier molecular flexibility index (Phi) is 7.99. The Bertz CT molecular complexity index is 1100. The Morgan fingerprint density at radius 2 is 2.12 bits per heavy atom. The molecule has 9 heteroatoms. The third-order valence-electron chi connectivity index (χ3n) is 5.35. The summed E-state index contributed by atoms with van der Waals surface area (Å²) in [7, 11) is 1.58. The zero-order chi connectivity index (χ0) is 24.2. The average Bonchev–Trinajstić information content (AvgIpc) is 3.30. The Morgan fingerprint density at radius 1 is 1.36 bits per heavy atom. The van der Waals surface area contributed by atoms with E-state index in [0.29, 0.717) is 23.6 Å². The van der Waals surface area contributed by atoms with Crippen molar-refractivity contribution in [3.63, 3.8) is 0 Å². The molecule has 0 aliphatic heterocycles. The van der Waals surface area contributed by atoms with Crippen molar-refractivity contribution >= 4 is 17.2 Å². The van der Waals surface area contributed by atoms with E-state index in [1.807, 2.05) is 13.0 Å². The molecule has 3 rings (SSSR count). The normalized spacial score (nSPS) is 12.7.